The van der Waals surface area contributed by atoms with Crippen LogP contribution in [-0.4, -0.2) is 34.9 Å². The number of nitrogens with one attached hydrogen (secondary N) is 1. The largest absolute Gasteiger partial charge is 0.394 e. The molecule has 1 amide bonds. The lowest BCUT2D eigenvalue weighted by molar-refractivity contribution is -0.123. The van der Waals surface area contributed by atoms with Crippen LogP contribution in [0.15, 0.2) is 48.6 Å². The van der Waals surface area contributed by atoms with Crippen LogP contribution < -0.4 is 5.32 Å². The molecular weight excluding hydrogens is 867 g/mol. The van der Waals surface area contributed by atoms with E-state index in [1.54, 1.807) is 6.08 Å². The highest BCUT2D eigenvalue weighted by Crippen LogP contribution is 2.18. The van der Waals surface area contributed by atoms with Crippen molar-refractivity contribution in [2.75, 3.05) is 6.61 Å². The molecule has 0 spiro atoms. The molecule has 0 aliphatic rings. The number of aliphatic hydroxyl groups is 2. The third-order valence-electron chi connectivity index (χ3n) is 15.0. The van der Waals surface area contributed by atoms with E-state index >= 15 is 0 Å². The van der Waals surface area contributed by atoms with Crippen molar-refractivity contribution in [1.82, 2.24) is 5.32 Å². The van der Waals surface area contributed by atoms with Gasteiger partial charge in [-0.1, -0.05) is 332 Å². The third-order valence-corrected chi connectivity index (χ3v) is 15.0. The maximum atomic E-state index is 12.5. The van der Waals surface area contributed by atoms with E-state index in [0.29, 0.717) is 6.42 Å². The van der Waals surface area contributed by atoms with Gasteiger partial charge in [-0.15, -0.1) is 0 Å². The predicted molar refractivity (Wildman–Crippen MR) is 318 cm³/mol. The fourth-order valence-electron chi connectivity index (χ4n) is 10.1. The van der Waals surface area contributed by atoms with Gasteiger partial charge in [-0.25, -0.2) is 0 Å². The monoisotopic (exact) mass is 994 g/mol. The fraction of sp³-hybridized carbons (Fsp3) is 0.866. The second-order valence-electron chi connectivity index (χ2n) is 22.2. The summed E-state index contributed by atoms with van der Waals surface area (Å²) in [5.41, 5.74) is 0. The number of aliphatic hydroxyl groups excluding tert-OH is 2. The van der Waals surface area contributed by atoms with E-state index in [0.717, 1.165) is 38.5 Å². The summed E-state index contributed by atoms with van der Waals surface area (Å²) in [6.07, 6.45) is 87.5. The van der Waals surface area contributed by atoms with Crippen LogP contribution in [0, 0.1) is 0 Å². The summed E-state index contributed by atoms with van der Waals surface area (Å²) in [4.78, 5) is 12.5. The molecule has 0 aromatic rings. The molecule has 2 unspecified atom stereocenters. The van der Waals surface area contributed by atoms with E-state index in [1.165, 1.54) is 295 Å². The SMILES string of the molecule is CCCCCCCCCCCCC/C=C\C/C=C\CCCCCCCCCCCCCCCCCCCC(=O)NC(CO)C(O)/C=C/CC/C=C/CCCCCCCCCCCCCCCCCCCC. The molecule has 0 saturated heterocycles. The lowest BCUT2D eigenvalue weighted by atomic mass is 10.0. The Balaban J connectivity index is 3.47. The first-order valence-corrected chi connectivity index (χ1v) is 32.4. The van der Waals surface area contributed by atoms with Crippen LogP contribution in [0.1, 0.15) is 354 Å². The van der Waals surface area contributed by atoms with Crippen molar-refractivity contribution in [1.29, 1.82) is 0 Å². The van der Waals surface area contributed by atoms with Gasteiger partial charge in [0.25, 0.3) is 0 Å². The van der Waals surface area contributed by atoms with Crippen molar-refractivity contribution in [3.63, 3.8) is 0 Å². The molecule has 0 aliphatic heterocycles. The molecule has 0 heterocycles. The first kappa shape index (κ1) is 69.3. The summed E-state index contributed by atoms with van der Waals surface area (Å²) in [6, 6.07) is -0.640. The predicted octanol–water partition coefficient (Wildman–Crippen LogP) is 21.8. The summed E-state index contributed by atoms with van der Waals surface area (Å²) in [5.74, 6) is -0.0686. The van der Waals surface area contributed by atoms with Crippen LogP contribution in [0.2, 0.25) is 0 Å². The molecule has 0 bridgehead atoms. The van der Waals surface area contributed by atoms with E-state index in [-0.39, 0.29) is 12.5 Å². The van der Waals surface area contributed by atoms with Crippen LogP contribution >= 0.6 is 0 Å². The quantitative estimate of drug-likeness (QED) is 0.0420. The summed E-state index contributed by atoms with van der Waals surface area (Å²) in [6.45, 7) is 4.34. The molecule has 0 radical (unpaired) electrons. The Labute approximate surface area is 445 Å². The lowest BCUT2D eigenvalue weighted by Gasteiger charge is -2.19. The molecule has 4 nitrogen and oxygen atoms in total. The molecule has 0 aliphatic carbocycles. The summed E-state index contributed by atoms with van der Waals surface area (Å²) in [5, 5.41) is 23.2. The molecule has 2 atom stereocenters. The highest BCUT2D eigenvalue weighted by Gasteiger charge is 2.18. The second kappa shape index (κ2) is 62.6. The highest BCUT2D eigenvalue weighted by molar-refractivity contribution is 5.76. The lowest BCUT2D eigenvalue weighted by Crippen LogP contribution is -2.45. The van der Waals surface area contributed by atoms with Crippen molar-refractivity contribution < 1.29 is 15.0 Å². The summed E-state index contributed by atoms with van der Waals surface area (Å²) < 4.78 is 0. The summed E-state index contributed by atoms with van der Waals surface area (Å²) in [7, 11) is 0. The Bertz CT molecular complexity index is 1130. The average Bonchev–Trinajstić information content (AvgIpc) is 3.37. The number of amides is 1. The zero-order valence-electron chi connectivity index (χ0n) is 48.3. The molecule has 0 aromatic carbocycles. The number of hydrogen-bond donors (Lipinski definition) is 3. The van der Waals surface area contributed by atoms with E-state index in [9.17, 15) is 15.0 Å². The molecule has 418 valence electrons. The van der Waals surface area contributed by atoms with E-state index in [1.807, 2.05) is 6.08 Å². The Morgan fingerprint density at radius 2 is 0.592 bits per heavy atom. The van der Waals surface area contributed by atoms with Crippen LogP contribution in [0.4, 0.5) is 0 Å². The average molecular weight is 995 g/mol. The first-order chi connectivity index (χ1) is 35.2. The Kier molecular flexibility index (Phi) is 61.2. The van der Waals surface area contributed by atoms with Crippen LogP contribution in [-0.2, 0) is 4.79 Å². The Hall–Kier alpha value is -1.65. The topological polar surface area (TPSA) is 69.6 Å². The number of hydrogen-bond acceptors (Lipinski definition) is 3. The second-order valence-corrected chi connectivity index (χ2v) is 22.2. The maximum absolute atomic E-state index is 12.5. The minimum absolute atomic E-state index is 0.0686. The van der Waals surface area contributed by atoms with Crippen LogP contribution in [0.25, 0.3) is 0 Å². The van der Waals surface area contributed by atoms with Gasteiger partial charge >= 0.3 is 0 Å². The Morgan fingerprint density at radius 1 is 0.338 bits per heavy atom. The maximum Gasteiger partial charge on any atom is 0.220 e. The number of allylic oxidation sites excluding steroid dienone is 7. The molecule has 71 heavy (non-hydrogen) atoms. The van der Waals surface area contributed by atoms with Gasteiger partial charge in [0.1, 0.15) is 0 Å². The smallest absolute Gasteiger partial charge is 0.220 e. The van der Waals surface area contributed by atoms with Gasteiger partial charge in [0.15, 0.2) is 0 Å². The number of carbonyl (C=O) groups excluding carboxylic acids is 1. The third kappa shape index (κ3) is 59.1. The molecule has 4 heteroatoms. The molecule has 0 fully saturated rings. The molecule has 3 N–H and O–H groups in total. The normalized spacial score (nSPS) is 13.0. The van der Waals surface area contributed by atoms with E-state index in [2.05, 4.69) is 55.6 Å². The standard InChI is InChI=1S/C67H127NO3/c1-3-5-7-9-11-13-15-17-19-21-23-25-27-29-30-31-32-33-34-35-36-37-38-39-41-43-45-47-49-51-53-55-57-59-61-63-67(71)68-65(64-69)66(70)62-60-58-56-54-52-50-48-46-44-42-40-28-26-24-22-20-18-16-14-12-10-8-6-4-2/h27,29,31-32,52,54,60,62,65-66,69-70H,3-26,28,30,33-51,53,55-59,61,63-64H2,1-2H3,(H,68,71)/b29-27-,32-31-,54-52+,62-60+. The minimum atomic E-state index is -0.864. The van der Waals surface area contributed by atoms with Crippen molar-refractivity contribution in [3.8, 4) is 0 Å². The van der Waals surface area contributed by atoms with Crippen molar-refractivity contribution >= 4 is 5.91 Å². The van der Waals surface area contributed by atoms with Crippen molar-refractivity contribution in [2.45, 2.75) is 366 Å². The van der Waals surface area contributed by atoms with Gasteiger partial charge in [-0.2, -0.15) is 0 Å². The zero-order chi connectivity index (χ0) is 51.3. The van der Waals surface area contributed by atoms with E-state index in [4.69, 9.17) is 0 Å². The molecular formula is C67H127NO3. The van der Waals surface area contributed by atoms with Crippen molar-refractivity contribution in [2.24, 2.45) is 0 Å². The van der Waals surface area contributed by atoms with Crippen LogP contribution in [0.5, 0.6) is 0 Å². The van der Waals surface area contributed by atoms with Crippen molar-refractivity contribution in [3.05, 3.63) is 48.6 Å². The van der Waals surface area contributed by atoms with Gasteiger partial charge in [0.2, 0.25) is 5.91 Å². The zero-order valence-corrected chi connectivity index (χ0v) is 48.3. The molecule has 0 rings (SSSR count). The molecule has 0 saturated carbocycles. The first-order valence-electron chi connectivity index (χ1n) is 32.4. The van der Waals surface area contributed by atoms with E-state index < -0.39 is 12.1 Å². The molecule has 0 aromatic heterocycles. The van der Waals surface area contributed by atoms with Gasteiger partial charge in [-0.3, -0.25) is 4.79 Å². The highest BCUT2D eigenvalue weighted by atomic mass is 16.3. The number of carbonyl (C=O) groups is 1. The van der Waals surface area contributed by atoms with Crippen LogP contribution in [0.3, 0.4) is 0 Å². The minimum Gasteiger partial charge on any atom is -0.394 e. The Morgan fingerprint density at radius 3 is 0.901 bits per heavy atom. The number of rotatable bonds is 60. The number of unbranched alkanes of at least 4 members (excludes halogenated alkanes) is 47. The van der Waals surface area contributed by atoms with Gasteiger partial charge in [-0.05, 0) is 64.2 Å². The fourth-order valence-corrected chi connectivity index (χ4v) is 10.1. The summed E-state index contributed by atoms with van der Waals surface area (Å²) >= 11 is 0. The van der Waals surface area contributed by atoms with Gasteiger partial charge < -0.3 is 15.5 Å². The van der Waals surface area contributed by atoms with Gasteiger partial charge in [0, 0.05) is 6.42 Å². The van der Waals surface area contributed by atoms with Gasteiger partial charge in [0.05, 0.1) is 18.8 Å².